The molecule has 3 aromatic rings. The highest BCUT2D eigenvalue weighted by atomic mass is 16.1. The molecule has 5 heteroatoms. The first-order valence-corrected chi connectivity index (χ1v) is 8.94. The van der Waals surface area contributed by atoms with Gasteiger partial charge in [-0.3, -0.25) is 4.79 Å². The highest BCUT2D eigenvalue weighted by Crippen LogP contribution is 2.30. The molecule has 0 spiro atoms. The van der Waals surface area contributed by atoms with Gasteiger partial charge in [-0.25, -0.2) is 9.50 Å². The van der Waals surface area contributed by atoms with Crippen molar-refractivity contribution in [3.8, 4) is 0 Å². The van der Waals surface area contributed by atoms with E-state index in [1.807, 2.05) is 75.4 Å². The van der Waals surface area contributed by atoms with Crippen LogP contribution >= 0.6 is 0 Å². The molecule has 0 aliphatic heterocycles. The quantitative estimate of drug-likeness (QED) is 0.681. The molecule has 138 valence electrons. The fraction of sp³-hybridized carbons (Fsp3) is 0.227. The Morgan fingerprint density at radius 3 is 2.67 bits per heavy atom. The topological polar surface area (TPSA) is 73.3 Å². The van der Waals surface area contributed by atoms with Gasteiger partial charge in [0.1, 0.15) is 0 Å². The largest absolute Gasteiger partial charge is 0.369 e. The Bertz CT molecular complexity index is 1020. The zero-order valence-corrected chi connectivity index (χ0v) is 15.9. The summed E-state index contributed by atoms with van der Waals surface area (Å²) in [7, 11) is 0. The van der Waals surface area contributed by atoms with Gasteiger partial charge in [-0.1, -0.05) is 48.6 Å². The average Bonchev–Trinajstić information content (AvgIpc) is 3.10. The van der Waals surface area contributed by atoms with E-state index in [2.05, 4.69) is 10.1 Å². The highest BCUT2D eigenvalue weighted by molar-refractivity contribution is 5.86. The molecule has 2 heterocycles. The summed E-state index contributed by atoms with van der Waals surface area (Å²) < 4.78 is 1.73. The van der Waals surface area contributed by atoms with Crippen LogP contribution in [0.4, 0.5) is 0 Å². The van der Waals surface area contributed by atoms with Crippen LogP contribution < -0.4 is 5.73 Å². The van der Waals surface area contributed by atoms with E-state index in [4.69, 9.17) is 5.73 Å². The molecule has 1 atom stereocenters. The minimum Gasteiger partial charge on any atom is -0.369 e. The minimum absolute atomic E-state index is 0.392. The number of allylic oxidation sites excluding steroid dienone is 4. The predicted molar refractivity (Wildman–Crippen MR) is 108 cm³/mol. The van der Waals surface area contributed by atoms with Gasteiger partial charge in [0.15, 0.2) is 5.65 Å². The Kier molecular flexibility index (Phi) is 5.21. The lowest BCUT2D eigenvalue weighted by atomic mass is 9.79. The maximum absolute atomic E-state index is 12.5. The van der Waals surface area contributed by atoms with Gasteiger partial charge in [-0.15, -0.1) is 0 Å². The fourth-order valence-corrected chi connectivity index (χ4v) is 3.23. The Labute approximate surface area is 159 Å². The van der Waals surface area contributed by atoms with Crippen molar-refractivity contribution in [2.45, 2.75) is 32.6 Å². The van der Waals surface area contributed by atoms with Crippen LogP contribution in [0.25, 0.3) is 11.2 Å². The lowest BCUT2D eigenvalue weighted by molar-refractivity contribution is -0.123. The normalized spacial score (nSPS) is 14.6. The molecule has 2 N–H and O–H groups in total. The van der Waals surface area contributed by atoms with Gasteiger partial charge in [0.2, 0.25) is 5.91 Å². The van der Waals surface area contributed by atoms with Gasteiger partial charge in [0, 0.05) is 11.8 Å². The summed E-state index contributed by atoms with van der Waals surface area (Å²) in [6.45, 7) is 5.85. The third-order valence-electron chi connectivity index (χ3n) is 4.87. The van der Waals surface area contributed by atoms with Crippen molar-refractivity contribution in [3.63, 3.8) is 0 Å². The molecule has 0 aliphatic carbocycles. The van der Waals surface area contributed by atoms with Crippen LogP contribution in [0.2, 0.25) is 0 Å². The molecule has 1 unspecified atom stereocenters. The van der Waals surface area contributed by atoms with Crippen LogP contribution in [0.5, 0.6) is 0 Å². The van der Waals surface area contributed by atoms with E-state index < -0.39 is 11.3 Å². The van der Waals surface area contributed by atoms with E-state index in [0.29, 0.717) is 12.1 Å². The number of nitrogens with two attached hydrogens (primary N) is 1. The third-order valence-corrected chi connectivity index (χ3v) is 4.87. The van der Waals surface area contributed by atoms with E-state index in [-0.39, 0.29) is 0 Å². The number of carbonyl (C=O) groups excluding carboxylic acids is 1. The molecule has 1 amide bonds. The molecule has 5 nitrogen and oxygen atoms in total. The SMILES string of the molecule is CC=CC=C(C)c1cnn2c(C(C)(Cc3ccccc3)C(N)=O)ccnc12. The number of fused-ring (bicyclic) bond motifs is 1. The second-order valence-corrected chi connectivity index (χ2v) is 6.86. The summed E-state index contributed by atoms with van der Waals surface area (Å²) in [5.41, 5.74) is 9.41. The summed E-state index contributed by atoms with van der Waals surface area (Å²) in [5, 5.41) is 4.52. The molecule has 0 saturated heterocycles. The Hall–Kier alpha value is -3.21. The van der Waals surface area contributed by atoms with E-state index in [0.717, 1.165) is 22.4 Å². The first kappa shape index (κ1) is 18.6. The maximum Gasteiger partial charge on any atom is 0.229 e. The smallest absolute Gasteiger partial charge is 0.229 e. The number of carbonyl (C=O) groups is 1. The van der Waals surface area contributed by atoms with Crippen molar-refractivity contribution in [1.29, 1.82) is 0 Å². The summed E-state index contributed by atoms with van der Waals surface area (Å²) in [6, 6.07) is 11.7. The summed E-state index contributed by atoms with van der Waals surface area (Å²) >= 11 is 0. The molecule has 3 rings (SSSR count). The molecular formula is C22H24N4O. The minimum atomic E-state index is -0.910. The zero-order valence-electron chi connectivity index (χ0n) is 15.9. The molecule has 0 aliphatic rings. The van der Waals surface area contributed by atoms with Crippen LogP contribution in [0.1, 0.15) is 37.6 Å². The summed E-state index contributed by atoms with van der Waals surface area (Å²) in [5.74, 6) is -0.392. The van der Waals surface area contributed by atoms with Crippen molar-refractivity contribution in [2.24, 2.45) is 5.73 Å². The highest BCUT2D eigenvalue weighted by Gasteiger charge is 2.36. The van der Waals surface area contributed by atoms with Gasteiger partial charge in [-0.05, 0) is 44.4 Å². The van der Waals surface area contributed by atoms with Crippen LogP contribution in [0.3, 0.4) is 0 Å². The molecule has 27 heavy (non-hydrogen) atoms. The number of amides is 1. The molecule has 0 radical (unpaired) electrons. The first-order valence-electron chi connectivity index (χ1n) is 8.94. The van der Waals surface area contributed by atoms with Crippen molar-refractivity contribution < 1.29 is 4.79 Å². The molecule has 2 aromatic heterocycles. The van der Waals surface area contributed by atoms with Gasteiger partial charge >= 0.3 is 0 Å². The van der Waals surface area contributed by atoms with Crippen LogP contribution in [0, 0.1) is 0 Å². The number of rotatable bonds is 6. The van der Waals surface area contributed by atoms with Gasteiger partial charge < -0.3 is 5.73 Å². The zero-order chi connectivity index (χ0) is 19.4. The molecule has 0 saturated carbocycles. The standard InChI is InChI=1S/C22H24N4O/c1-4-5-9-16(2)18-15-25-26-19(12-13-24-20(18)26)22(3,21(23)27)14-17-10-7-6-8-11-17/h4-13,15H,14H2,1-3H3,(H2,23,27). The summed E-state index contributed by atoms with van der Waals surface area (Å²) in [4.78, 5) is 17.0. The number of aromatic nitrogens is 3. The van der Waals surface area contributed by atoms with Crippen LogP contribution in [0.15, 0.2) is 67.0 Å². The van der Waals surface area contributed by atoms with Crippen LogP contribution in [-0.2, 0) is 16.6 Å². The third kappa shape index (κ3) is 3.53. The molecule has 0 fully saturated rings. The second-order valence-electron chi connectivity index (χ2n) is 6.86. The van der Waals surface area contributed by atoms with Gasteiger partial charge in [0.25, 0.3) is 0 Å². The molecular weight excluding hydrogens is 336 g/mol. The Balaban J connectivity index is 2.14. The number of benzene rings is 1. The predicted octanol–water partition coefficient (Wildman–Crippen LogP) is 3.69. The van der Waals surface area contributed by atoms with Crippen molar-refractivity contribution in [1.82, 2.24) is 14.6 Å². The van der Waals surface area contributed by atoms with E-state index in [1.54, 1.807) is 16.9 Å². The van der Waals surface area contributed by atoms with E-state index in [9.17, 15) is 4.79 Å². The molecule has 0 bridgehead atoms. The number of primary amides is 1. The van der Waals surface area contributed by atoms with E-state index >= 15 is 0 Å². The number of nitrogens with zero attached hydrogens (tertiary/aromatic N) is 3. The second kappa shape index (κ2) is 7.58. The van der Waals surface area contributed by atoms with Crippen molar-refractivity contribution >= 4 is 17.1 Å². The van der Waals surface area contributed by atoms with Gasteiger partial charge in [0.05, 0.1) is 17.3 Å². The fourth-order valence-electron chi connectivity index (χ4n) is 3.23. The lowest BCUT2D eigenvalue weighted by Gasteiger charge is -2.27. The van der Waals surface area contributed by atoms with Gasteiger partial charge in [-0.2, -0.15) is 5.10 Å². The Morgan fingerprint density at radius 1 is 1.26 bits per heavy atom. The molecule has 1 aromatic carbocycles. The Morgan fingerprint density at radius 2 is 2.00 bits per heavy atom. The maximum atomic E-state index is 12.5. The lowest BCUT2D eigenvalue weighted by Crippen LogP contribution is -2.42. The van der Waals surface area contributed by atoms with Crippen molar-refractivity contribution in [3.05, 3.63) is 83.8 Å². The average molecular weight is 360 g/mol. The summed E-state index contributed by atoms with van der Waals surface area (Å²) in [6.07, 6.45) is 9.95. The van der Waals surface area contributed by atoms with E-state index in [1.165, 1.54) is 0 Å². The monoisotopic (exact) mass is 360 g/mol. The van der Waals surface area contributed by atoms with Crippen LogP contribution in [-0.4, -0.2) is 20.5 Å². The number of hydrogen-bond donors (Lipinski definition) is 1. The first-order chi connectivity index (χ1) is 13.0. The number of hydrogen-bond acceptors (Lipinski definition) is 3. The van der Waals surface area contributed by atoms with Crippen molar-refractivity contribution in [2.75, 3.05) is 0 Å².